The first-order valence-electron chi connectivity index (χ1n) is 4.94. The van der Waals surface area contributed by atoms with Crippen LogP contribution in [0.1, 0.15) is 0 Å². The van der Waals surface area contributed by atoms with E-state index in [4.69, 9.17) is 17.3 Å². The maximum Gasteiger partial charge on any atom is 0.150 e. The van der Waals surface area contributed by atoms with Crippen LogP contribution >= 0.6 is 27.5 Å². The Labute approximate surface area is 116 Å². The smallest absolute Gasteiger partial charge is 0.150 e. The SMILES string of the molecule is Nc1ccc(Cl)cc1Nc1c(F)cc(Br)cc1F. The molecule has 0 amide bonds. The summed E-state index contributed by atoms with van der Waals surface area (Å²) in [5.74, 6) is -1.44. The van der Waals surface area contributed by atoms with Crippen molar-refractivity contribution in [2.24, 2.45) is 0 Å². The minimum absolute atomic E-state index is 0.271. The Bertz CT molecular complexity index is 582. The molecule has 0 saturated heterocycles. The molecule has 2 aromatic carbocycles. The van der Waals surface area contributed by atoms with E-state index in [-0.39, 0.29) is 5.69 Å². The van der Waals surface area contributed by atoms with Gasteiger partial charge in [0.15, 0.2) is 11.6 Å². The molecule has 0 bridgehead atoms. The minimum Gasteiger partial charge on any atom is -0.397 e. The second-order valence-corrected chi connectivity index (χ2v) is 4.95. The average molecular weight is 334 g/mol. The lowest BCUT2D eigenvalue weighted by Gasteiger charge is -2.11. The summed E-state index contributed by atoms with van der Waals surface area (Å²) in [6.45, 7) is 0. The highest BCUT2D eigenvalue weighted by molar-refractivity contribution is 9.10. The molecule has 2 nitrogen and oxygen atoms in total. The monoisotopic (exact) mass is 332 g/mol. The standard InChI is InChI=1S/C12H8BrClF2N2/c13-6-3-8(15)12(9(16)4-6)18-11-5-7(14)1-2-10(11)17/h1-5,18H,17H2. The molecule has 3 N–H and O–H groups in total. The Hall–Kier alpha value is -1.33. The van der Waals surface area contributed by atoms with Gasteiger partial charge in [0.25, 0.3) is 0 Å². The van der Waals surface area contributed by atoms with Gasteiger partial charge in [-0.05, 0) is 30.3 Å². The summed E-state index contributed by atoms with van der Waals surface area (Å²) in [5.41, 5.74) is 6.12. The normalized spacial score (nSPS) is 10.4. The Kier molecular flexibility index (Phi) is 3.73. The van der Waals surface area contributed by atoms with Crippen molar-refractivity contribution in [3.05, 3.63) is 51.5 Å². The Morgan fingerprint density at radius 1 is 1.11 bits per heavy atom. The second kappa shape index (κ2) is 5.12. The first kappa shape index (κ1) is 13.1. The van der Waals surface area contributed by atoms with Crippen molar-refractivity contribution in [1.82, 2.24) is 0 Å². The second-order valence-electron chi connectivity index (χ2n) is 3.60. The predicted octanol–water partition coefficient (Wildman–Crippen LogP) is 4.71. The van der Waals surface area contributed by atoms with E-state index in [0.717, 1.165) is 12.1 Å². The number of nitrogens with one attached hydrogen (secondary N) is 1. The highest BCUT2D eigenvalue weighted by atomic mass is 79.9. The molecular weight excluding hydrogens is 325 g/mol. The van der Waals surface area contributed by atoms with E-state index in [1.165, 1.54) is 6.07 Å². The number of rotatable bonds is 2. The third kappa shape index (κ3) is 2.73. The summed E-state index contributed by atoms with van der Waals surface area (Å²) in [5, 5.41) is 3.02. The molecule has 0 unspecified atom stereocenters. The Morgan fingerprint density at radius 3 is 2.33 bits per heavy atom. The first-order valence-corrected chi connectivity index (χ1v) is 6.11. The number of hydrogen-bond acceptors (Lipinski definition) is 2. The van der Waals surface area contributed by atoms with Gasteiger partial charge in [0, 0.05) is 9.50 Å². The van der Waals surface area contributed by atoms with E-state index in [0.29, 0.717) is 20.9 Å². The molecule has 0 aliphatic heterocycles. The van der Waals surface area contributed by atoms with Gasteiger partial charge in [-0.2, -0.15) is 0 Å². The topological polar surface area (TPSA) is 38.0 Å². The van der Waals surface area contributed by atoms with Crippen molar-refractivity contribution in [1.29, 1.82) is 0 Å². The van der Waals surface area contributed by atoms with Crippen LogP contribution in [0.15, 0.2) is 34.8 Å². The summed E-state index contributed by atoms with van der Waals surface area (Å²) in [6.07, 6.45) is 0. The first-order chi connectivity index (χ1) is 8.47. The van der Waals surface area contributed by atoms with Crippen molar-refractivity contribution in [2.45, 2.75) is 0 Å². The molecule has 0 aliphatic carbocycles. The van der Waals surface area contributed by atoms with Gasteiger partial charge in [0.2, 0.25) is 0 Å². The molecule has 2 rings (SSSR count). The number of benzene rings is 2. The van der Waals surface area contributed by atoms with Gasteiger partial charge < -0.3 is 11.1 Å². The molecular formula is C12H8BrClF2N2. The van der Waals surface area contributed by atoms with Crippen LogP contribution in [0.25, 0.3) is 0 Å². The van der Waals surface area contributed by atoms with Crippen LogP contribution in [0.4, 0.5) is 25.8 Å². The third-order valence-electron chi connectivity index (χ3n) is 2.28. The van der Waals surface area contributed by atoms with E-state index in [9.17, 15) is 8.78 Å². The van der Waals surface area contributed by atoms with Gasteiger partial charge in [-0.3, -0.25) is 0 Å². The van der Waals surface area contributed by atoms with Gasteiger partial charge in [-0.25, -0.2) is 8.78 Å². The van der Waals surface area contributed by atoms with Crippen LogP contribution in [0, 0.1) is 11.6 Å². The zero-order chi connectivity index (χ0) is 13.3. The fraction of sp³-hybridized carbons (Fsp3) is 0. The maximum absolute atomic E-state index is 13.6. The summed E-state index contributed by atoms with van der Waals surface area (Å²) in [4.78, 5) is 0. The van der Waals surface area contributed by atoms with Gasteiger partial charge >= 0.3 is 0 Å². The van der Waals surface area contributed by atoms with Gasteiger partial charge in [-0.1, -0.05) is 27.5 Å². The molecule has 0 atom stereocenters. The van der Waals surface area contributed by atoms with E-state index < -0.39 is 11.6 Å². The van der Waals surface area contributed by atoms with Crippen molar-refractivity contribution >= 4 is 44.6 Å². The lowest BCUT2D eigenvalue weighted by Crippen LogP contribution is -2.00. The van der Waals surface area contributed by atoms with E-state index >= 15 is 0 Å². The summed E-state index contributed by atoms with van der Waals surface area (Å²) in [6, 6.07) is 6.96. The number of anilines is 3. The third-order valence-corrected chi connectivity index (χ3v) is 2.97. The molecule has 2 aromatic rings. The molecule has 0 radical (unpaired) electrons. The van der Waals surface area contributed by atoms with Crippen LogP contribution < -0.4 is 11.1 Å². The predicted molar refractivity (Wildman–Crippen MR) is 73.2 cm³/mol. The Balaban J connectivity index is 2.43. The minimum atomic E-state index is -0.721. The van der Waals surface area contributed by atoms with Crippen LogP contribution in [-0.4, -0.2) is 0 Å². The average Bonchev–Trinajstić information content (AvgIpc) is 2.28. The number of halogens is 4. The maximum atomic E-state index is 13.6. The van der Waals surface area contributed by atoms with Crippen LogP contribution in [0.2, 0.25) is 5.02 Å². The summed E-state index contributed by atoms with van der Waals surface area (Å²) in [7, 11) is 0. The molecule has 0 aromatic heterocycles. The number of hydrogen-bond donors (Lipinski definition) is 2. The molecule has 0 saturated carbocycles. The number of nitrogens with two attached hydrogens (primary N) is 1. The molecule has 0 spiro atoms. The zero-order valence-corrected chi connectivity index (χ0v) is 11.3. The van der Waals surface area contributed by atoms with Gasteiger partial charge in [0.1, 0.15) is 5.69 Å². The summed E-state index contributed by atoms with van der Waals surface area (Å²) < 4.78 is 27.6. The molecule has 94 valence electrons. The highest BCUT2D eigenvalue weighted by Crippen LogP contribution is 2.30. The van der Waals surface area contributed by atoms with Gasteiger partial charge in [0.05, 0.1) is 11.4 Å². The number of nitrogen functional groups attached to an aromatic ring is 1. The van der Waals surface area contributed by atoms with Crippen LogP contribution in [0.3, 0.4) is 0 Å². The van der Waals surface area contributed by atoms with Crippen molar-refractivity contribution in [3.8, 4) is 0 Å². The van der Waals surface area contributed by atoms with E-state index in [2.05, 4.69) is 21.2 Å². The fourth-order valence-electron chi connectivity index (χ4n) is 1.43. The molecule has 0 heterocycles. The van der Waals surface area contributed by atoms with Gasteiger partial charge in [-0.15, -0.1) is 0 Å². The van der Waals surface area contributed by atoms with Crippen LogP contribution in [0.5, 0.6) is 0 Å². The summed E-state index contributed by atoms with van der Waals surface area (Å²) >= 11 is 8.80. The molecule has 6 heteroatoms. The molecule has 0 fully saturated rings. The van der Waals surface area contributed by atoms with Crippen molar-refractivity contribution in [2.75, 3.05) is 11.1 Å². The van der Waals surface area contributed by atoms with E-state index in [1.807, 2.05) is 0 Å². The zero-order valence-electron chi connectivity index (χ0n) is 8.98. The molecule has 18 heavy (non-hydrogen) atoms. The largest absolute Gasteiger partial charge is 0.397 e. The molecule has 0 aliphatic rings. The lowest BCUT2D eigenvalue weighted by atomic mass is 10.2. The van der Waals surface area contributed by atoms with Crippen molar-refractivity contribution < 1.29 is 8.78 Å². The Morgan fingerprint density at radius 2 is 1.72 bits per heavy atom. The fourth-order valence-corrected chi connectivity index (χ4v) is 2.01. The quantitative estimate of drug-likeness (QED) is 0.781. The highest BCUT2D eigenvalue weighted by Gasteiger charge is 2.12. The van der Waals surface area contributed by atoms with Crippen LogP contribution in [-0.2, 0) is 0 Å². The van der Waals surface area contributed by atoms with Crippen molar-refractivity contribution in [3.63, 3.8) is 0 Å². The lowest BCUT2D eigenvalue weighted by molar-refractivity contribution is 0.589. The van der Waals surface area contributed by atoms with E-state index in [1.54, 1.807) is 12.1 Å².